The van der Waals surface area contributed by atoms with Gasteiger partial charge in [0.1, 0.15) is 0 Å². The summed E-state index contributed by atoms with van der Waals surface area (Å²) < 4.78 is 0. The van der Waals surface area contributed by atoms with E-state index in [1.165, 1.54) is 16.2 Å². The molecule has 4 nitrogen and oxygen atoms in total. The molecule has 78 valence electrons. The molecule has 0 aliphatic heterocycles. The van der Waals surface area contributed by atoms with Gasteiger partial charge in [0.05, 0.1) is 6.04 Å². The zero-order valence-electron chi connectivity index (χ0n) is 8.41. The molecular formula is C9H15N3OS. The van der Waals surface area contributed by atoms with Crippen molar-refractivity contribution in [3.8, 4) is 0 Å². The molecule has 0 aliphatic rings. The van der Waals surface area contributed by atoms with E-state index in [1.807, 2.05) is 0 Å². The van der Waals surface area contributed by atoms with E-state index in [4.69, 9.17) is 5.73 Å². The number of anilines is 1. The average molecular weight is 213 g/mol. The van der Waals surface area contributed by atoms with E-state index in [1.54, 1.807) is 13.1 Å². The fraction of sp³-hybridized carbons (Fsp3) is 0.556. The van der Waals surface area contributed by atoms with Gasteiger partial charge >= 0.3 is 0 Å². The molecule has 0 spiro atoms. The molecule has 1 aromatic rings. The summed E-state index contributed by atoms with van der Waals surface area (Å²) >= 11 is 1.50. The Bertz CT molecular complexity index is 309. The number of hydrogen-bond donors (Lipinski definition) is 2. The topological polar surface area (TPSA) is 68.0 Å². The van der Waals surface area contributed by atoms with Gasteiger partial charge in [-0.3, -0.25) is 4.79 Å². The molecular weight excluding hydrogens is 198 g/mol. The van der Waals surface area contributed by atoms with Crippen LogP contribution in [0, 0.1) is 0 Å². The number of amides is 1. The minimum atomic E-state index is -0.492. The van der Waals surface area contributed by atoms with Crippen LogP contribution in [0.4, 0.5) is 5.13 Å². The number of carbonyl (C=O) groups excluding carboxylic acids is 1. The van der Waals surface area contributed by atoms with Gasteiger partial charge in [-0.05, 0) is 13.3 Å². The summed E-state index contributed by atoms with van der Waals surface area (Å²) in [5.41, 5.74) is 5.41. The van der Waals surface area contributed by atoms with Crippen LogP contribution < -0.4 is 11.1 Å². The molecule has 3 N–H and O–H groups in total. The van der Waals surface area contributed by atoms with Crippen molar-refractivity contribution in [3.63, 3.8) is 0 Å². The predicted molar refractivity (Wildman–Crippen MR) is 58.4 cm³/mol. The second kappa shape index (κ2) is 5.07. The van der Waals surface area contributed by atoms with Gasteiger partial charge in [-0.1, -0.05) is 13.3 Å². The standard InChI is InChI=1S/C9H15N3OS/c1-3-4-7-5-11-9(14-7)12-8(13)6(2)10/h5-6H,3-4,10H2,1-2H3,(H,11,12,13)/t6-/m1/s1. The molecule has 1 amide bonds. The highest BCUT2D eigenvalue weighted by atomic mass is 32.1. The zero-order chi connectivity index (χ0) is 10.6. The molecule has 1 atom stereocenters. The first-order valence-corrected chi connectivity index (χ1v) is 5.46. The fourth-order valence-corrected chi connectivity index (χ4v) is 1.86. The van der Waals surface area contributed by atoms with E-state index in [2.05, 4.69) is 17.2 Å². The molecule has 14 heavy (non-hydrogen) atoms. The summed E-state index contributed by atoms with van der Waals surface area (Å²) in [7, 11) is 0. The Hall–Kier alpha value is -0.940. The second-order valence-corrected chi connectivity index (χ2v) is 4.27. The highest BCUT2D eigenvalue weighted by molar-refractivity contribution is 7.15. The minimum Gasteiger partial charge on any atom is -0.320 e. The third kappa shape index (κ3) is 3.08. The van der Waals surface area contributed by atoms with E-state index in [9.17, 15) is 4.79 Å². The average Bonchev–Trinajstić information content (AvgIpc) is 2.53. The summed E-state index contributed by atoms with van der Waals surface area (Å²) in [5, 5.41) is 3.30. The Morgan fingerprint density at radius 1 is 1.79 bits per heavy atom. The highest BCUT2D eigenvalue weighted by Gasteiger charge is 2.09. The third-order valence-electron chi connectivity index (χ3n) is 1.69. The van der Waals surface area contributed by atoms with Crippen LogP contribution in [0.5, 0.6) is 0 Å². The number of thiazole rings is 1. The predicted octanol–water partition coefficient (Wildman–Crippen LogP) is 1.38. The molecule has 0 aromatic carbocycles. The van der Waals surface area contributed by atoms with Gasteiger partial charge < -0.3 is 11.1 Å². The number of hydrogen-bond acceptors (Lipinski definition) is 4. The van der Waals surface area contributed by atoms with E-state index >= 15 is 0 Å². The molecule has 1 rings (SSSR count). The van der Waals surface area contributed by atoms with Crippen LogP contribution in [0.2, 0.25) is 0 Å². The number of rotatable bonds is 4. The molecule has 0 saturated carbocycles. The van der Waals surface area contributed by atoms with Crippen LogP contribution in [0.3, 0.4) is 0 Å². The number of nitrogens with one attached hydrogen (secondary N) is 1. The van der Waals surface area contributed by atoms with E-state index in [0.717, 1.165) is 12.8 Å². The smallest absolute Gasteiger partial charge is 0.242 e. The molecule has 0 fully saturated rings. The normalized spacial score (nSPS) is 12.5. The van der Waals surface area contributed by atoms with Gasteiger partial charge in [-0.15, -0.1) is 11.3 Å². The molecule has 0 radical (unpaired) electrons. The van der Waals surface area contributed by atoms with Crippen LogP contribution in [-0.4, -0.2) is 16.9 Å². The summed E-state index contributed by atoms with van der Waals surface area (Å²) in [4.78, 5) is 16.5. The number of nitrogens with two attached hydrogens (primary N) is 1. The molecule has 0 bridgehead atoms. The third-order valence-corrected chi connectivity index (χ3v) is 2.67. The Morgan fingerprint density at radius 3 is 3.07 bits per heavy atom. The summed E-state index contributed by atoms with van der Waals surface area (Å²) in [6.07, 6.45) is 3.89. The summed E-state index contributed by atoms with van der Waals surface area (Å²) in [6.45, 7) is 3.76. The van der Waals surface area contributed by atoms with Crippen molar-refractivity contribution in [2.45, 2.75) is 32.7 Å². The lowest BCUT2D eigenvalue weighted by atomic mass is 10.3. The Balaban J connectivity index is 2.55. The molecule has 5 heteroatoms. The summed E-state index contributed by atoms with van der Waals surface area (Å²) in [5.74, 6) is -0.192. The lowest BCUT2D eigenvalue weighted by Gasteiger charge is -2.03. The van der Waals surface area contributed by atoms with Crippen LogP contribution in [0.1, 0.15) is 25.1 Å². The number of carbonyl (C=O) groups is 1. The molecule has 0 unspecified atom stereocenters. The fourth-order valence-electron chi connectivity index (χ4n) is 0.947. The quantitative estimate of drug-likeness (QED) is 0.794. The van der Waals surface area contributed by atoms with Gasteiger partial charge in [0.25, 0.3) is 0 Å². The zero-order valence-corrected chi connectivity index (χ0v) is 9.23. The largest absolute Gasteiger partial charge is 0.320 e. The lowest BCUT2D eigenvalue weighted by molar-refractivity contribution is -0.117. The van der Waals surface area contributed by atoms with Crippen LogP contribution in [0.25, 0.3) is 0 Å². The number of aromatic nitrogens is 1. The van der Waals surface area contributed by atoms with Crippen LogP contribution >= 0.6 is 11.3 Å². The lowest BCUT2D eigenvalue weighted by Crippen LogP contribution is -2.32. The SMILES string of the molecule is CCCc1cnc(NC(=O)[C@@H](C)N)s1. The van der Waals surface area contributed by atoms with Crippen molar-refractivity contribution in [2.75, 3.05) is 5.32 Å². The van der Waals surface area contributed by atoms with Crippen molar-refractivity contribution >= 4 is 22.4 Å². The van der Waals surface area contributed by atoms with Crippen molar-refractivity contribution < 1.29 is 4.79 Å². The van der Waals surface area contributed by atoms with Crippen molar-refractivity contribution in [1.29, 1.82) is 0 Å². The molecule has 1 aromatic heterocycles. The van der Waals surface area contributed by atoms with Gasteiger partial charge in [0.2, 0.25) is 5.91 Å². The van der Waals surface area contributed by atoms with E-state index in [-0.39, 0.29) is 5.91 Å². The monoisotopic (exact) mass is 213 g/mol. The highest BCUT2D eigenvalue weighted by Crippen LogP contribution is 2.19. The van der Waals surface area contributed by atoms with Crippen molar-refractivity contribution in [2.24, 2.45) is 5.73 Å². The molecule has 0 aliphatic carbocycles. The maximum atomic E-state index is 11.2. The van der Waals surface area contributed by atoms with Gasteiger partial charge in [0.15, 0.2) is 5.13 Å². The first-order valence-electron chi connectivity index (χ1n) is 4.64. The van der Waals surface area contributed by atoms with Crippen LogP contribution in [-0.2, 0) is 11.2 Å². The summed E-state index contributed by atoms with van der Waals surface area (Å²) in [6, 6.07) is -0.492. The first kappa shape index (κ1) is 11.1. The first-order chi connectivity index (χ1) is 6.63. The molecule has 1 heterocycles. The van der Waals surface area contributed by atoms with Gasteiger partial charge in [0, 0.05) is 11.1 Å². The minimum absolute atomic E-state index is 0.192. The van der Waals surface area contributed by atoms with Gasteiger partial charge in [-0.2, -0.15) is 0 Å². The Labute approximate surface area is 87.5 Å². The Kier molecular flexibility index (Phi) is 4.03. The van der Waals surface area contributed by atoms with Crippen LogP contribution in [0.15, 0.2) is 6.20 Å². The number of nitrogens with zero attached hydrogens (tertiary/aromatic N) is 1. The van der Waals surface area contributed by atoms with Crippen molar-refractivity contribution in [1.82, 2.24) is 4.98 Å². The maximum Gasteiger partial charge on any atom is 0.242 e. The van der Waals surface area contributed by atoms with Crippen molar-refractivity contribution in [3.05, 3.63) is 11.1 Å². The maximum absolute atomic E-state index is 11.2. The second-order valence-electron chi connectivity index (χ2n) is 3.16. The van der Waals surface area contributed by atoms with E-state index < -0.39 is 6.04 Å². The Morgan fingerprint density at radius 2 is 2.50 bits per heavy atom. The molecule has 0 saturated heterocycles. The van der Waals surface area contributed by atoms with E-state index in [0.29, 0.717) is 5.13 Å². The number of aryl methyl sites for hydroxylation is 1. The van der Waals surface area contributed by atoms with Gasteiger partial charge in [-0.25, -0.2) is 4.98 Å².